The molecule has 0 saturated heterocycles. The smallest absolute Gasteiger partial charge is 0.133 e. The molecule has 0 heterocycles. The van der Waals surface area contributed by atoms with Crippen LogP contribution in [-0.2, 0) is 9.59 Å². The molecular formula is C11H18O2. The fourth-order valence-electron chi connectivity index (χ4n) is 0.992. The minimum atomic E-state index is 0.188. The van der Waals surface area contributed by atoms with Gasteiger partial charge >= 0.3 is 0 Å². The third kappa shape index (κ3) is 8.99. The minimum Gasteiger partial charge on any atom is -0.303 e. The summed E-state index contributed by atoms with van der Waals surface area (Å²) in [6.07, 6.45) is 9.35. The molecule has 0 aliphatic carbocycles. The largest absolute Gasteiger partial charge is 0.303 e. The van der Waals surface area contributed by atoms with Gasteiger partial charge in [0.05, 0.1) is 0 Å². The van der Waals surface area contributed by atoms with Gasteiger partial charge in [-0.05, 0) is 12.8 Å². The number of unbranched alkanes of at least 4 members (excludes halogenated alkanes) is 1. The van der Waals surface area contributed by atoms with E-state index in [1.54, 1.807) is 0 Å². The SMILES string of the molecule is CCC/C=C/CCC(=O)CCC=O. The molecule has 74 valence electrons. The highest BCUT2D eigenvalue weighted by molar-refractivity contribution is 5.80. The van der Waals surface area contributed by atoms with E-state index in [2.05, 4.69) is 13.0 Å². The fourth-order valence-corrected chi connectivity index (χ4v) is 0.992. The average Bonchev–Trinajstić information content (AvgIpc) is 2.14. The highest BCUT2D eigenvalue weighted by Crippen LogP contribution is 1.99. The van der Waals surface area contributed by atoms with Gasteiger partial charge in [-0.1, -0.05) is 25.5 Å². The summed E-state index contributed by atoms with van der Waals surface area (Å²) in [6, 6.07) is 0. The van der Waals surface area contributed by atoms with Crippen LogP contribution in [0.25, 0.3) is 0 Å². The van der Waals surface area contributed by atoms with Crippen molar-refractivity contribution < 1.29 is 9.59 Å². The van der Waals surface area contributed by atoms with E-state index in [1.165, 1.54) is 0 Å². The number of ketones is 1. The normalized spacial score (nSPS) is 10.5. The maximum absolute atomic E-state index is 11.0. The maximum Gasteiger partial charge on any atom is 0.133 e. The molecule has 2 nitrogen and oxygen atoms in total. The summed E-state index contributed by atoms with van der Waals surface area (Å²) in [6.45, 7) is 2.12. The molecule has 0 unspecified atom stereocenters. The van der Waals surface area contributed by atoms with Crippen molar-refractivity contribution in [2.75, 3.05) is 0 Å². The van der Waals surface area contributed by atoms with E-state index in [9.17, 15) is 9.59 Å². The molecule has 0 bridgehead atoms. The molecule has 0 aliphatic rings. The van der Waals surface area contributed by atoms with Crippen molar-refractivity contribution in [2.45, 2.75) is 45.4 Å². The first-order chi connectivity index (χ1) is 6.31. The van der Waals surface area contributed by atoms with Crippen LogP contribution in [0.1, 0.15) is 45.4 Å². The monoisotopic (exact) mass is 182 g/mol. The molecule has 0 aromatic carbocycles. The van der Waals surface area contributed by atoms with E-state index >= 15 is 0 Å². The molecule has 0 rings (SSSR count). The van der Waals surface area contributed by atoms with Gasteiger partial charge in [-0.25, -0.2) is 0 Å². The van der Waals surface area contributed by atoms with Crippen LogP contribution >= 0.6 is 0 Å². The molecular weight excluding hydrogens is 164 g/mol. The lowest BCUT2D eigenvalue weighted by Crippen LogP contribution is -1.96. The van der Waals surface area contributed by atoms with Gasteiger partial charge in [0.25, 0.3) is 0 Å². The van der Waals surface area contributed by atoms with E-state index in [-0.39, 0.29) is 5.78 Å². The molecule has 0 fully saturated rings. The number of rotatable bonds is 8. The van der Waals surface area contributed by atoms with Crippen molar-refractivity contribution >= 4 is 12.1 Å². The van der Waals surface area contributed by atoms with Crippen LogP contribution in [0, 0.1) is 0 Å². The molecule has 0 aromatic heterocycles. The lowest BCUT2D eigenvalue weighted by Gasteiger charge is -1.93. The number of Topliss-reactive ketones (excluding diaryl/α,β-unsaturated/α-hetero) is 1. The van der Waals surface area contributed by atoms with Crippen LogP contribution in [0.4, 0.5) is 0 Å². The van der Waals surface area contributed by atoms with Gasteiger partial charge in [-0.3, -0.25) is 4.79 Å². The van der Waals surface area contributed by atoms with Crippen molar-refractivity contribution in [1.29, 1.82) is 0 Å². The van der Waals surface area contributed by atoms with Crippen LogP contribution in [0.3, 0.4) is 0 Å². The Bertz CT molecular complexity index is 171. The predicted molar refractivity (Wildman–Crippen MR) is 53.6 cm³/mol. The van der Waals surface area contributed by atoms with Crippen molar-refractivity contribution in [3.8, 4) is 0 Å². The van der Waals surface area contributed by atoms with Crippen molar-refractivity contribution in [3.05, 3.63) is 12.2 Å². The molecule has 0 aromatic rings. The fraction of sp³-hybridized carbons (Fsp3) is 0.636. The summed E-state index contributed by atoms with van der Waals surface area (Å²) >= 11 is 0. The maximum atomic E-state index is 11.0. The van der Waals surface area contributed by atoms with Crippen LogP contribution in [0.2, 0.25) is 0 Å². The molecule has 0 amide bonds. The molecule has 0 radical (unpaired) electrons. The van der Waals surface area contributed by atoms with Gasteiger partial charge in [0.15, 0.2) is 0 Å². The first-order valence-electron chi connectivity index (χ1n) is 4.91. The molecule has 0 spiro atoms. The second kappa shape index (κ2) is 9.17. The van der Waals surface area contributed by atoms with E-state index in [0.717, 1.165) is 25.5 Å². The van der Waals surface area contributed by atoms with E-state index < -0.39 is 0 Å². The Hall–Kier alpha value is -0.920. The Morgan fingerprint density at radius 3 is 2.31 bits per heavy atom. The van der Waals surface area contributed by atoms with Crippen molar-refractivity contribution in [3.63, 3.8) is 0 Å². The zero-order valence-corrected chi connectivity index (χ0v) is 8.29. The van der Waals surface area contributed by atoms with Gasteiger partial charge in [0.1, 0.15) is 12.1 Å². The van der Waals surface area contributed by atoms with Crippen LogP contribution in [0.5, 0.6) is 0 Å². The molecule has 0 aliphatic heterocycles. The summed E-state index contributed by atoms with van der Waals surface area (Å²) in [5, 5.41) is 0. The predicted octanol–water partition coefficient (Wildman–Crippen LogP) is 2.67. The lowest BCUT2D eigenvalue weighted by molar-refractivity contribution is -0.120. The zero-order chi connectivity index (χ0) is 9.94. The third-order valence-electron chi connectivity index (χ3n) is 1.75. The van der Waals surface area contributed by atoms with E-state index in [4.69, 9.17) is 0 Å². The van der Waals surface area contributed by atoms with Crippen LogP contribution < -0.4 is 0 Å². The summed E-state index contributed by atoms with van der Waals surface area (Å²) in [5.74, 6) is 0.188. The number of allylic oxidation sites excluding steroid dienone is 2. The number of hydrogen-bond donors (Lipinski definition) is 0. The van der Waals surface area contributed by atoms with Crippen LogP contribution in [0.15, 0.2) is 12.2 Å². The first kappa shape index (κ1) is 12.1. The van der Waals surface area contributed by atoms with Gasteiger partial charge in [-0.15, -0.1) is 0 Å². The van der Waals surface area contributed by atoms with Crippen molar-refractivity contribution in [1.82, 2.24) is 0 Å². The van der Waals surface area contributed by atoms with Gasteiger partial charge in [0.2, 0.25) is 0 Å². The Morgan fingerprint density at radius 2 is 1.69 bits per heavy atom. The highest BCUT2D eigenvalue weighted by Gasteiger charge is 1.98. The lowest BCUT2D eigenvalue weighted by atomic mass is 10.1. The van der Waals surface area contributed by atoms with E-state index in [1.807, 2.05) is 6.08 Å². The number of hydrogen-bond acceptors (Lipinski definition) is 2. The summed E-state index contributed by atoms with van der Waals surface area (Å²) < 4.78 is 0. The molecule has 13 heavy (non-hydrogen) atoms. The minimum absolute atomic E-state index is 0.188. The number of carbonyl (C=O) groups is 2. The second-order valence-electron chi connectivity index (χ2n) is 3.04. The highest BCUT2D eigenvalue weighted by atomic mass is 16.1. The van der Waals surface area contributed by atoms with Gasteiger partial charge in [-0.2, -0.15) is 0 Å². The van der Waals surface area contributed by atoms with Crippen molar-refractivity contribution in [2.24, 2.45) is 0 Å². The zero-order valence-electron chi connectivity index (χ0n) is 8.29. The second-order valence-corrected chi connectivity index (χ2v) is 3.04. The summed E-state index contributed by atoms with van der Waals surface area (Å²) in [7, 11) is 0. The summed E-state index contributed by atoms with van der Waals surface area (Å²) in [4.78, 5) is 21.0. The quantitative estimate of drug-likeness (QED) is 0.427. The number of aldehydes is 1. The number of carbonyl (C=O) groups excluding carboxylic acids is 2. The van der Waals surface area contributed by atoms with Crippen LogP contribution in [-0.4, -0.2) is 12.1 Å². The summed E-state index contributed by atoms with van der Waals surface area (Å²) in [5.41, 5.74) is 0. The Balaban J connectivity index is 3.30. The van der Waals surface area contributed by atoms with Gasteiger partial charge < -0.3 is 4.79 Å². The molecule has 2 heteroatoms. The average molecular weight is 182 g/mol. The topological polar surface area (TPSA) is 34.1 Å². The first-order valence-corrected chi connectivity index (χ1v) is 4.91. The molecule has 0 N–H and O–H groups in total. The Kier molecular flexibility index (Phi) is 8.52. The third-order valence-corrected chi connectivity index (χ3v) is 1.75. The van der Waals surface area contributed by atoms with E-state index in [0.29, 0.717) is 19.3 Å². The molecule has 0 atom stereocenters. The Labute approximate surface area is 80.0 Å². The molecule has 0 saturated carbocycles. The standard InChI is InChI=1S/C11H18O2/c1-2-3-4-5-6-8-11(13)9-7-10-12/h4-5,10H,2-3,6-9H2,1H3/b5-4+. The van der Waals surface area contributed by atoms with Gasteiger partial charge in [0, 0.05) is 19.3 Å². The Morgan fingerprint density at radius 1 is 1.08 bits per heavy atom.